The maximum Gasteiger partial charge on any atom is 0.350 e. The lowest BCUT2D eigenvalue weighted by Gasteiger charge is -2.05. The lowest BCUT2D eigenvalue weighted by Crippen LogP contribution is -2.14. The molecule has 2 aromatic rings. The number of hydrogen-bond acceptors (Lipinski definition) is 5. The molecular weight excluding hydrogens is 264 g/mol. The van der Waals surface area contributed by atoms with Crippen molar-refractivity contribution in [2.45, 2.75) is 6.92 Å². The number of esters is 1. The standard InChI is InChI=1S/C13H12N2O3S/c1-8-5-9(7-14-6-8)12(16)15-10-3-4-19-11(10)13(17)18-2/h3-7H,1-2H3,(H,15,16). The number of pyridine rings is 1. The highest BCUT2D eigenvalue weighted by Gasteiger charge is 2.16. The first-order valence-corrected chi connectivity index (χ1v) is 6.38. The molecule has 0 unspecified atom stereocenters. The third-order valence-corrected chi connectivity index (χ3v) is 3.32. The summed E-state index contributed by atoms with van der Waals surface area (Å²) in [6.45, 7) is 1.86. The highest BCUT2D eigenvalue weighted by Crippen LogP contribution is 2.23. The molecule has 19 heavy (non-hydrogen) atoms. The van der Waals surface area contributed by atoms with Gasteiger partial charge in [0, 0.05) is 12.4 Å². The third-order valence-electron chi connectivity index (χ3n) is 2.42. The zero-order chi connectivity index (χ0) is 13.8. The number of methoxy groups -OCH3 is 1. The number of nitrogens with one attached hydrogen (secondary N) is 1. The van der Waals surface area contributed by atoms with Crippen molar-refractivity contribution in [1.82, 2.24) is 4.98 Å². The number of aromatic nitrogens is 1. The number of thiophene rings is 1. The second-order valence-corrected chi connectivity index (χ2v) is 4.78. The quantitative estimate of drug-likeness (QED) is 0.874. The summed E-state index contributed by atoms with van der Waals surface area (Å²) in [6.07, 6.45) is 3.15. The molecule has 0 fully saturated rings. The van der Waals surface area contributed by atoms with Crippen molar-refractivity contribution in [2.24, 2.45) is 0 Å². The van der Waals surface area contributed by atoms with Gasteiger partial charge in [0.2, 0.25) is 0 Å². The Bertz CT molecular complexity index is 622. The van der Waals surface area contributed by atoms with Crippen LogP contribution in [-0.2, 0) is 4.74 Å². The largest absolute Gasteiger partial charge is 0.465 e. The van der Waals surface area contributed by atoms with Crippen LogP contribution >= 0.6 is 11.3 Å². The van der Waals surface area contributed by atoms with E-state index >= 15 is 0 Å². The molecule has 0 bridgehead atoms. The maximum atomic E-state index is 12.0. The van der Waals surface area contributed by atoms with E-state index in [4.69, 9.17) is 0 Å². The summed E-state index contributed by atoms with van der Waals surface area (Å²) in [6, 6.07) is 3.39. The van der Waals surface area contributed by atoms with Crippen molar-refractivity contribution in [2.75, 3.05) is 12.4 Å². The summed E-state index contributed by atoms with van der Waals surface area (Å²) in [5.74, 6) is -0.771. The molecule has 0 aliphatic rings. The number of carbonyl (C=O) groups is 2. The van der Waals surface area contributed by atoms with Gasteiger partial charge in [0.15, 0.2) is 0 Å². The Morgan fingerprint density at radius 3 is 2.84 bits per heavy atom. The smallest absolute Gasteiger partial charge is 0.350 e. The first-order chi connectivity index (χ1) is 9.11. The van der Waals surface area contributed by atoms with Crippen LogP contribution in [-0.4, -0.2) is 24.0 Å². The van der Waals surface area contributed by atoms with Crippen LogP contribution in [0.5, 0.6) is 0 Å². The molecule has 0 spiro atoms. The summed E-state index contributed by atoms with van der Waals surface area (Å²) in [7, 11) is 1.30. The molecule has 1 amide bonds. The fourth-order valence-corrected chi connectivity index (χ4v) is 2.30. The van der Waals surface area contributed by atoms with Crippen molar-refractivity contribution in [3.05, 3.63) is 45.9 Å². The molecule has 5 nitrogen and oxygen atoms in total. The Kier molecular flexibility index (Phi) is 3.91. The molecular formula is C13H12N2O3S. The predicted molar refractivity (Wildman–Crippen MR) is 72.6 cm³/mol. The van der Waals surface area contributed by atoms with E-state index in [-0.39, 0.29) is 5.91 Å². The summed E-state index contributed by atoms with van der Waals surface area (Å²) in [4.78, 5) is 27.9. The molecule has 2 rings (SSSR count). The summed E-state index contributed by atoms with van der Waals surface area (Å²) < 4.78 is 4.65. The molecule has 0 aromatic carbocycles. The number of anilines is 1. The van der Waals surface area contributed by atoms with Crippen molar-refractivity contribution in [3.63, 3.8) is 0 Å². The second kappa shape index (κ2) is 5.62. The van der Waals surface area contributed by atoms with E-state index in [0.717, 1.165) is 5.56 Å². The number of aryl methyl sites for hydroxylation is 1. The molecule has 98 valence electrons. The number of nitrogens with zero attached hydrogens (tertiary/aromatic N) is 1. The van der Waals surface area contributed by atoms with Crippen molar-refractivity contribution < 1.29 is 14.3 Å². The van der Waals surface area contributed by atoms with E-state index in [2.05, 4.69) is 15.0 Å². The number of ether oxygens (including phenoxy) is 1. The van der Waals surface area contributed by atoms with Gasteiger partial charge in [0.1, 0.15) is 4.88 Å². The van der Waals surface area contributed by atoms with Gasteiger partial charge in [-0.3, -0.25) is 9.78 Å². The Labute approximate surface area is 114 Å². The van der Waals surface area contributed by atoms with E-state index < -0.39 is 5.97 Å². The van der Waals surface area contributed by atoms with Crippen molar-refractivity contribution in [3.8, 4) is 0 Å². The summed E-state index contributed by atoms with van der Waals surface area (Å²) in [5, 5.41) is 4.40. The molecule has 0 aliphatic carbocycles. The molecule has 0 saturated carbocycles. The molecule has 2 heterocycles. The topological polar surface area (TPSA) is 68.3 Å². The molecule has 1 N–H and O–H groups in total. The van der Waals surface area contributed by atoms with Gasteiger partial charge < -0.3 is 10.1 Å². The SMILES string of the molecule is COC(=O)c1sccc1NC(=O)c1cncc(C)c1. The Hall–Kier alpha value is -2.21. The van der Waals surface area contributed by atoms with Crippen LogP contribution in [0.2, 0.25) is 0 Å². The number of rotatable bonds is 3. The Morgan fingerprint density at radius 1 is 1.37 bits per heavy atom. The van der Waals surface area contributed by atoms with Gasteiger partial charge in [-0.1, -0.05) is 0 Å². The minimum Gasteiger partial charge on any atom is -0.465 e. The molecule has 2 aromatic heterocycles. The van der Waals surface area contributed by atoms with Gasteiger partial charge in [0.05, 0.1) is 18.4 Å². The monoisotopic (exact) mass is 276 g/mol. The first-order valence-electron chi connectivity index (χ1n) is 5.50. The van der Waals surface area contributed by atoms with Crippen LogP contribution in [0.1, 0.15) is 25.6 Å². The molecule has 0 aliphatic heterocycles. The maximum absolute atomic E-state index is 12.0. The highest BCUT2D eigenvalue weighted by molar-refractivity contribution is 7.12. The van der Waals surface area contributed by atoms with Gasteiger partial charge in [-0.2, -0.15) is 0 Å². The van der Waals surface area contributed by atoms with E-state index in [9.17, 15) is 9.59 Å². The zero-order valence-electron chi connectivity index (χ0n) is 10.5. The van der Waals surface area contributed by atoms with Crippen LogP contribution in [0.25, 0.3) is 0 Å². The average Bonchev–Trinajstić information content (AvgIpc) is 2.86. The lowest BCUT2D eigenvalue weighted by atomic mass is 10.2. The molecule has 6 heteroatoms. The van der Waals surface area contributed by atoms with Crippen molar-refractivity contribution >= 4 is 28.9 Å². The lowest BCUT2D eigenvalue weighted by molar-refractivity contribution is 0.0607. The van der Waals surface area contributed by atoms with Gasteiger partial charge >= 0.3 is 5.97 Å². The van der Waals surface area contributed by atoms with Gasteiger partial charge in [-0.05, 0) is 30.0 Å². The average molecular weight is 276 g/mol. The van der Waals surface area contributed by atoms with Crippen LogP contribution in [0.4, 0.5) is 5.69 Å². The van der Waals surface area contributed by atoms with E-state index in [1.54, 1.807) is 23.7 Å². The van der Waals surface area contributed by atoms with Crippen LogP contribution in [0, 0.1) is 6.92 Å². The first kappa shape index (κ1) is 13.2. The second-order valence-electron chi connectivity index (χ2n) is 3.86. The Morgan fingerprint density at radius 2 is 2.16 bits per heavy atom. The van der Waals surface area contributed by atoms with E-state index in [1.165, 1.54) is 24.6 Å². The number of amides is 1. The fraction of sp³-hybridized carbons (Fsp3) is 0.154. The van der Waals surface area contributed by atoms with Gasteiger partial charge in [-0.15, -0.1) is 11.3 Å². The summed E-state index contributed by atoms with van der Waals surface area (Å²) in [5.41, 5.74) is 1.79. The van der Waals surface area contributed by atoms with Crippen LogP contribution < -0.4 is 5.32 Å². The van der Waals surface area contributed by atoms with Gasteiger partial charge in [-0.25, -0.2) is 4.79 Å². The molecule has 0 atom stereocenters. The molecule has 0 saturated heterocycles. The zero-order valence-corrected chi connectivity index (χ0v) is 11.3. The predicted octanol–water partition coefficient (Wildman–Crippen LogP) is 2.49. The highest BCUT2D eigenvalue weighted by atomic mass is 32.1. The molecule has 0 radical (unpaired) electrons. The van der Waals surface area contributed by atoms with Crippen LogP contribution in [0.15, 0.2) is 29.9 Å². The van der Waals surface area contributed by atoms with Crippen LogP contribution in [0.3, 0.4) is 0 Å². The number of carbonyl (C=O) groups excluding carboxylic acids is 2. The third kappa shape index (κ3) is 2.97. The van der Waals surface area contributed by atoms with Crippen molar-refractivity contribution in [1.29, 1.82) is 0 Å². The Balaban J connectivity index is 2.20. The van der Waals surface area contributed by atoms with Gasteiger partial charge in [0.25, 0.3) is 5.91 Å². The number of hydrogen-bond donors (Lipinski definition) is 1. The minimum absolute atomic E-state index is 0.306. The minimum atomic E-state index is -0.465. The van der Waals surface area contributed by atoms with E-state index in [1.807, 2.05) is 6.92 Å². The normalized spacial score (nSPS) is 10.0. The fourth-order valence-electron chi connectivity index (χ4n) is 1.53. The van der Waals surface area contributed by atoms with E-state index in [0.29, 0.717) is 16.1 Å². The summed E-state index contributed by atoms with van der Waals surface area (Å²) >= 11 is 1.22.